The van der Waals surface area contributed by atoms with Crippen molar-refractivity contribution < 1.29 is 4.79 Å². The summed E-state index contributed by atoms with van der Waals surface area (Å²) in [7, 11) is 0. The van der Waals surface area contributed by atoms with E-state index in [0.717, 1.165) is 25.8 Å². The largest absolute Gasteiger partial charge is 0.326 e. The molecule has 0 aliphatic carbocycles. The Hall–Kier alpha value is -1.65. The van der Waals surface area contributed by atoms with Crippen LogP contribution in [0.25, 0.3) is 10.8 Å². The number of amides is 1. The van der Waals surface area contributed by atoms with E-state index < -0.39 is 0 Å². The molecule has 100 valence electrons. The second-order valence-electron chi connectivity index (χ2n) is 4.48. The number of halogens is 1. The Bertz CT molecular complexity index is 752. The minimum atomic E-state index is 0.0156. The molecule has 2 aromatic carbocycles. The van der Waals surface area contributed by atoms with E-state index in [1.165, 1.54) is 0 Å². The molecule has 0 spiro atoms. The molecule has 1 aromatic heterocycles. The highest BCUT2D eigenvalue weighted by atomic mass is 79.9. The normalized spacial score (nSPS) is 10.7. The van der Waals surface area contributed by atoms with Gasteiger partial charge in [-0.15, -0.1) is 11.3 Å². The molecule has 0 saturated carbocycles. The number of nitrogens with one attached hydrogen (secondary N) is 1. The number of rotatable bonds is 3. The minimum Gasteiger partial charge on any atom is -0.326 e. The second kappa shape index (κ2) is 5.77. The summed E-state index contributed by atoms with van der Waals surface area (Å²) in [5.74, 6) is 0.0156. The van der Waals surface area contributed by atoms with Crippen molar-refractivity contribution in [3.63, 3.8) is 0 Å². The molecule has 0 unspecified atom stereocenters. The Morgan fingerprint density at radius 1 is 1.15 bits per heavy atom. The van der Waals surface area contributed by atoms with Gasteiger partial charge in [-0.25, -0.2) is 0 Å². The summed E-state index contributed by atoms with van der Waals surface area (Å²) in [6.07, 6.45) is 0.425. The van der Waals surface area contributed by atoms with Crippen LogP contribution in [0.1, 0.15) is 4.88 Å². The topological polar surface area (TPSA) is 29.1 Å². The van der Waals surface area contributed by atoms with Crippen LogP contribution in [0, 0.1) is 0 Å². The first-order valence-corrected chi connectivity index (χ1v) is 7.90. The fourth-order valence-electron chi connectivity index (χ4n) is 2.10. The van der Waals surface area contributed by atoms with Crippen LogP contribution in [0.15, 0.2) is 58.4 Å². The third-order valence-corrected chi connectivity index (χ3v) is 4.59. The van der Waals surface area contributed by atoms with Crippen molar-refractivity contribution in [1.29, 1.82) is 0 Å². The van der Waals surface area contributed by atoms with Gasteiger partial charge in [0.15, 0.2) is 0 Å². The SMILES string of the molecule is O=C(Cc1cccs1)Nc1ccc2c(Br)cccc2c1. The van der Waals surface area contributed by atoms with Crippen molar-refractivity contribution >= 4 is 49.6 Å². The highest BCUT2D eigenvalue weighted by molar-refractivity contribution is 9.10. The van der Waals surface area contributed by atoms with Crippen LogP contribution < -0.4 is 5.32 Å². The van der Waals surface area contributed by atoms with Crippen molar-refractivity contribution in [2.75, 3.05) is 5.32 Å². The Labute approximate surface area is 129 Å². The van der Waals surface area contributed by atoms with Crippen LogP contribution in [-0.2, 0) is 11.2 Å². The molecule has 0 aliphatic heterocycles. The Kier molecular flexibility index (Phi) is 3.85. The van der Waals surface area contributed by atoms with Gasteiger partial charge in [0.2, 0.25) is 5.91 Å². The lowest BCUT2D eigenvalue weighted by Gasteiger charge is -2.07. The van der Waals surface area contributed by atoms with Crippen LogP contribution in [0.3, 0.4) is 0 Å². The predicted octanol–water partition coefficient (Wildman–Crippen LogP) is 4.85. The quantitative estimate of drug-likeness (QED) is 0.722. The molecule has 0 saturated heterocycles. The summed E-state index contributed by atoms with van der Waals surface area (Å²) in [6, 6.07) is 15.9. The first-order chi connectivity index (χ1) is 9.72. The standard InChI is InChI=1S/C16H12BrNOS/c17-15-5-1-3-11-9-12(6-7-14(11)15)18-16(19)10-13-4-2-8-20-13/h1-9H,10H2,(H,18,19). The van der Waals surface area contributed by atoms with E-state index in [1.807, 2.05) is 53.9 Å². The van der Waals surface area contributed by atoms with Gasteiger partial charge in [-0.3, -0.25) is 4.79 Å². The molecule has 3 aromatic rings. The fraction of sp³-hybridized carbons (Fsp3) is 0.0625. The summed E-state index contributed by atoms with van der Waals surface area (Å²) in [4.78, 5) is 13.0. The summed E-state index contributed by atoms with van der Waals surface area (Å²) >= 11 is 5.13. The van der Waals surface area contributed by atoms with Gasteiger partial charge < -0.3 is 5.32 Å². The van der Waals surface area contributed by atoms with E-state index in [2.05, 4.69) is 21.2 Å². The first kappa shape index (κ1) is 13.3. The zero-order valence-electron chi connectivity index (χ0n) is 10.6. The zero-order valence-corrected chi connectivity index (χ0v) is 13.0. The maximum absolute atomic E-state index is 12.0. The average molecular weight is 346 g/mol. The van der Waals surface area contributed by atoms with Gasteiger partial charge >= 0.3 is 0 Å². The fourth-order valence-corrected chi connectivity index (χ4v) is 3.32. The number of hydrogen-bond donors (Lipinski definition) is 1. The smallest absolute Gasteiger partial charge is 0.229 e. The van der Waals surface area contributed by atoms with Gasteiger partial charge in [-0.1, -0.05) is 40.2 Å². The van der Waals surface area contributed by atoms with Crippen LogP contribution in [-0.4, -0.2) is 5.91 Å². The average Bonchev–Trinajstić information content (AvgIpc) is 2.91. The maximum Gasteiger partial charge on any atom is 0.229 e. The van der Waals surface area contributed by atoms with Crippen LogP contribution in [0.4, 0.5) is 5.69 Å². The number of benzene rings is 2. The van der Waals surface area contributed by atoms with E-state index in [-0.39, 0.29) is 5.91 Å². The molecule has 0 aliphatic rings. The number of anilines is 1. The van der Waals surface area contributed by atoms with E-state index in [4.69, 9.17) is 0 Å². The van der Waals surface area contributed by atoms with E-state index in [1.54, 1.807) is 11.3 Å². The monoisotopic (exact) mass is 345 g/mol. The number of hydrogen-bond acceptors (Lipinski definition) is 2. The number of fused-ring (bicyclic) bond motifs is 1. The van der Waals surface area contributed by atoms with E-state index >= 15 is 0 Å². The summed E-state index contributed by atoms with van der Waals surface area (Å²) < 4.78 is 1.06. The van der Waals surface area contributed by atoms with Crippen molar-refractivity contribution in [2.45, 2.75) is 6.42 Å². The van der Waals surface area contributed by atoms with Crippen LogP contribution in [0.5, 0.6) is 0 Å². The molecule has 0 bridgehead atoms. The van der Waals surface area contributed by atoms with Gasteiger partial charge in [0.25, 0.3) is 0 Å². The van der Waals surface area contributed by atoms with Gasteiger partial charge in [0, 0.05) is 15.0 Å². The lowest BCUT2D eigenvalue weighted by Crippen LogP contribution is -2.13. The highest BCUT2D eigenvalue weighted by Crippen LogP contribution is 2.26. The van der Waals surface area contributed by atoms with Crippen LogP contribution >= 0.6 is 27.3 Å². The minimum absolute atomic E-state index is 0.0156. The van der Waals surface area contributed by atoms with Gasteiger partial charge in [-0.05, 0) is 40.4 Å². The summed E-state index contributed by atoms with van der Waals surface area (Å²) in [5, 5.41) is 7.17. The van der Waals surface area contributed by atoms with Crippen molar-refractivity contribution in [1.82, 2.24) is 0 Å². The third kappa shape index (κ3) is 2.92. The molecule has 3 rings (SSSR count). The number of carbonyl (C=O) groups is 1. The van der Waals surface area contributed by atoms with Crippen LogP contribution in [0.2, 0.25) is 0 Å². The molecule has 1 N–H and O–H groups in total. The van der Waals surface area contributed by atoms with Crippen molar-refractivity contribution in [2.24, 2.45) is 0 Å². The van der Waals surface area contributed by atoms with E-state index in [0.29, 0.717) is 6.42 Å². The van der Waals surface area contributed by atoms with Crippen molar-refractivity contribution in [3.05, 3.63) is 63.3 Å². The number of carbonyl (C=O) groups excluding carboxylic acids is 1. The predicted molar refractivity (Wildman–Crippen MR) is 88.3 cm³/mol. The lowest BCUT2D eigenvalue weighted by atomic mass is 10.1. The van der Waals surface area contributed by atoms with Gasteiger partial charge in [0.05, 0.1) is 6.42 Å². The molecule has 0 fully saturated rings. The molecule has 1 heterocycles. The van der Waals surface area contributed by atoms with E-state index in [9.17, 15) is 4.79 Å². The summed E-state index contributed by atoms with van der Waals surface area (Å²) in [6.45, 7) is 0. The molecule has 1 amide bonds. The number of thiophene rings is 1. The van der Waals surface area contributed by atoms with Crippen molar-refractivity contribution in [3.8, 4) is 0 Å². The Balaban J connectivity index is 1.79. The molecular formula is C16H12BrNOS. The molecule has 0 atom stereocenters. The molecular weight excluding hydrogens is 334 g/mol. The van der Waals surface area contributed by atoms with Gasteiger partial charge in [0.1, 0.15) is 0 Å². The third-order valence-electron chi connectivity index (χ3n) is 3.03. The van der Waals surface area contributed by atoms with Gasteiger partial charge in [-0.2, -0.15) is 0 Å². The first-order valence-electron chi connectivity index (χ1n) is 6.23. The Morgan fingerprint density at radius 3 is 2.85 bits per heavy atom. The Morgan fingerprint density at radius 2 is 2.05 bits per heavy atom. The molecule has 0 radical (unpaired) electrons. The maximum atomic E-state index is 12.0. The lowest BCUT2D eigenvalue weighted by molar-refractivity contribution is -0.115. The molecule has 20 heavy (non-hydrogen) atoms. The molecule has 2 nitrogen and oxygen atoms in total. The molecule has 4 heteroatoms. The summed E-state index contributed by atoms with van der Waals surface area (Å²) in [5.41, 5.74) is 0.831. The second-order valence-corrected chi connectivity index (χ2v) is 6.37. The highest BCUT2D eigenvalue weighted by Gasteiger charge is 2.06. The zero-order chi connectivity index (χ0) is 13.9.